The van der Waals surface area contributed by atoms with Gasteiger partial charge < -0.3 is 20.9 Å². The van der Waals surface area contributed by atoms with E-state index in [2.05, 4.69) is 4.98 Å². The minimum absolute atomic E-state index is 0.00526. The van der Waals surface area contributed by atoms with E-state index in [0.29, 0.717) is 17.2 Å². The lowest BCUT2D eigenvalue weighted by Crippen LogP contribution is -2.01. The lowest BCUT2D eigenvalue weighted by molar-refractivity contribution is -0.384. The molecule has 20 heavy (non-hydrogen) atoms. The van der Waals surface area contributed by atoms with Crippen LogP contribution in [0.25, 0.3) is 0 Å². The van der Waals surface area contributed by atoms with Crippen LogP contribution >= 0.6 is 0 Å². The lowest BCUT2D eigenvalue weighted by Gasteiger charge is -2.09. The van der Waals surface area contributed by atoms with Gasteiger partial charge in [0, 0.05) is 18.3 Å². The number of nitrogen functional groups attached to an aromatic ring is 2. The van der Waals surface area contributed by atoms with Crippen LogP contribution in [-0.4, -0.2) is 17.0 Å². The van der Waals surface area contributed by atoms with Crippen molar-refractivity contribution in [3.05, 3.63) is 40.6 Å². The average Bonchev–Trinajstić information content (AvgIpc) is 2.40. The van der Waals surface area contributed by atoms with Gasteiger partial charge in [0.15, 0.2) is 0 Å². The molecule has 0 aliphatic rings. The molecule has 0 aliphatic heterocycles. The number of pyridine rings is 1. The first-order valence-corrected chi connectivity index (χ1v) is 5.53. The topological polar surface area (TPSA) is 127 Å². The molecular formula is C12H12N4O4. The van der Waals surface area contributed by atoms with E-state index in [-0.39, 0.29) is 17.3 Å². The van der Waals surface area contributed by atoms with Crippen LogP contribution < -0.4 is 20.9 Å². The predicted octanol–water partition coefficient (Wildman–Crippen LogP) is 1.96. The maximum Gasteiger partial charge on any atom is 0.353 e. The van der Waals surface area contributed by atoms with E-state index >= 15 is 0 Å². The number of methoxy groups -OCH3 is 1. The number of nitrogens with two attached hydrogens (primary N) is 2. The molecular weight excluding hydrogens is 264 g/mol. The maximum atomic E-state index is 11.0. The van der Waals surface area contributed by atoms with E-state index in [1.165, 1.54) is 25.4 Å². The molecule has 0 amide bonds. The first kappa shape index (κ1) is 13.4. The fourth-order valence-electron chi connectivity index (χ4n) is 1.60. The third-order valence-corrected chi connectivity index (χ3v) is 2.53. The standard InChI is InChI=1S/C12H12N4O4/c1-19-10-6-7(2-3-8(10)13)20-9-4-5-15-12(14)11(9)16(17)18/h2-6H,13H2,1H3,(H2,14,15). The molecule has 2 aromatic rings. The third-order valence-electron chi connectivity index (χ3n) is 2.53. The Kier molecular flexibility index (Phi) is 3.56. The SMILES string of the molecule is COc1cc(Oc2ccnc(N)c2[N+](=O)[O-])ccc1N. The minimum atomic E-state index is -0.647. The number of nitrogens with zero attached hydrogens (tertiary/aromatic N) is 2. The van der Waals surface area contributed by atoms with Gasteiger partial charge in [0.25, 0.3) is 0 Å². The largest absolute Gasteiger partial charge is 0.494 e. The summed E-state index contributed by atoms with van der Waals surface area (Å²) in [6.45, 7) is 0. The number of nitro groups is 1. The van der Waals surface area contributed by atoms with Crippen molar-refractivity contribution >= 4 is 17.2 Å². The molecule has 1 aromatic heterocycles. The molecule has 1 heterocycles. The summed E-state index contributed by atoms with van der Waals surface area (Å²) in [5.41, 5.74) is 11.2. The molecule has 8 heteroatoms. The second-order valence-electron chi connectivity index (χ2n) is 3.81. The van der Waals surface area contributed by atoms with Crippen molar-refractivity contribution in [2.24, 2.45) is 0 Å². The summed E-state index contributed by atoms with van der Waals surface area (Å²) >= 11 is 0. The van der Waals surface area contributed by atoms with Gasteiger partial charge in [0.2, 0.25) is 11.6 Å². The van der Waals surface area contributed by atoms with Crippen LogP contribution in [0.4, 0.5) is 17.2 Å². The van der Waals surface area contributed by atoms with Crippen molar-refractivity contribution in [1.82, 2.24) is 4.98 Å². The Labute approximate surface area is 114 Å². The van der Waals surface area contributed by atoms with Crippen molar-refractivity contribution in [1.29, 1.82) is 0 Å². The molecule has 0 saturated heterocycles. The van der Waals surface area contributed by atoms with Crippen molar-refractivity contribution in [2.75, 3.05) is 18.6 Å². The van der Waals surface area contributed by atoms with Crippen molar-refractivity contribution in [2.45, 2.75) is 0 Å². The zero-order chi connectivity index (χ0) is 14.7. The maximum absolute atomic E-state index is 11.0. The second-order valence-corrected chi connectivity index (χ2v) is 3.81. The summed E-state index contributed by atoms with van der Waals surface area (Å²) in [4.78, 5) is 14.0. The highest BCUT2D eigenvalue weighted by atomic mass is 16.6. The van der Waals surface area contributed by atoms with E-state index in [9.17, 15) is 10.1 Å². The van der Waals surface area contributed by atoms with Crippen LogP contribution in [0, 0.1) is 10.1 Å². The number of anilines is 2. The van der Waals surface area contributed by atoms with E-state index in [0.717, 1.165) is 0 Å². The van der Waals surface area contributed by atoms with Crippen molar-refractivity contribution in [3.63, 3.8) is 0 Å². The van der Waals surface area contributed by atoms with Gasteiger partial charge in [-0.2, -0.15) is 0 Å². The zero-order valence-electron chi connectivity index (χ0n) is 10.6. The predicted molar refractivity (Wildman–Crippen MR) is 72.8 cm³/mol. The molecule has 0 spiro atoms. The summed E-state index contributed by atoms with van der Waals surface area (Å²) in [6.07, 6.45) is 1.33. The van der Waals surface area contributed by atoms with E-state index in [1.807, 2.05) is 0 Å². The van der Waals surface area contributed by atoms with Gasteiger partial charge in [-0.1, -0.05) is 0 Å². The van der Waals surface area contributed by atoms with Gasteiger partial charge in [-0.15, -0.1) is 0 Å². The number of hydrogen-bond acceptors (Lipinski definition) is 7. The van der Waals surface area contributed by atoms with Crippen LogP contribution in [0.15, 0.2) is 30.5 Å². The zero-order valence-corrected chi connectivity index (χ0v) is 10.6. The molecule has 0 atom stereocenters. The molecule has 8 nitrogen and oxygen atoms in total. The first-order chi connectivity index (χ1) is 9.52. The Hall–Kier alpha value is -3.03. The Morgan fingerprint density at radius 1 is 1.25 bits per heavy atom. The molecule has 0 fully saturated rings. The second kappa shape index (κ2) is 5.31. The Morgan fingerprint density at radius 3 is 2.65 bits per heavy atom. The monoisotopic (exact) mass is 276 g/mol. The summed E-state index contributed by atoms with van der Waals surface area (Å²) in [6, 6.07) is 6.02. The smallest absolute Gasteiger partial charge is 0.353 e. The van der Waals surface area contributed by atoms with Crippen LogP contribution in [0.1, 0.15) is 0 Å². The van der Waals surface area contributed by atoms with Crippen molar-refractivity contribution in [3.8, 4) is 17.2 Å². The third kappa shape index (κ3) is 2.53. The van der Waals surface area contributed by atoms with Gasteiger partial charge in [-0.3, -0.25) is 10.1 Å². The molecule has 0 bridgehead atoms. The quantitative estimate of drug-likeness (QED) is 0.496. The normalized spacial score (nSPS) is 10.1. The highest BCUT2D eigenvalue weighted by Gasteiger charge is 2.21. The molecule has 2 rings (SSSR count). The fourth-order valence-corrected chi connectivity index (χ4v) is 1.60. The number of hydrogen-bond donors (Lipinski definition) is 2. The van der Waals surface area contributed by atoms with Crippen molar-refractivity contribution < 1.29 is 14.4 Å². The van der Waals surface area contributed by atoms with Gasteiger partial charge in [0.1, 0.15) is 11.5 Å². The van der Waals surface area contributed by atoms with Gasteiger partial charge in [-0.05, 0) is 12.1 Å². The highest BCUT2D eigenvalue weighted by molar-refractivity contribution is 5.63. The summed E-state index contributed by atoms with van der Waals surface area (Å²) in [7, 11) is 1.46. The number of ether oxygens (including phenoxy) is 2. The Morgan fingerprint density at radius 2 is 2.00 bits per heavy atom. The van der Waals surface area contributed by atoms with Crippen LogP contribution in [0.5, 0.6) is 17.2 Å². The number of aromatic nitrogens is 1. The summed E-state index contributed by atoms with van der Waals surface area (Å²) in [5.74, 6) is 0.529. The Bertz CT molecular complexity index is 660. The van der Waals surface area contributed by atoms with Gasteiger partial charge >= 0.3 is 5.69 Å². The number of benzene rings is 1. The van der Waals surface area contributed by atoms with Gasteiger partial charge in [-0.25, -0.2) is 4.98 Å². The van der Waals surface area contributed by atoms with E-state index in [4.69, 9.17) is 20.9 Å². The van der Waals surface area contributed by atoms with Gasteiger partial charge in [0.05, 0.1) is 17.7 Å². The Balaban J connectivity index is 2.40. The average molecular weight is 276 g/mol. The molecule has 0 aliphatic carbocycles. The van der Waals surface area contributed by atoms with Crippen LogP contribution in [-0.2, 0) is 0 Å². The fraction of sp³-hybridized carbons (Fsp3) is 0.0833. The number of rotatable bonds is 4. The molecule has 104 valence electrons. The van der Waals surface area contributed by atoms with Crippen LogP contribution in [0.2, 0.25) is 0 Å². The highest BCUT2D eigenvalue weighted by Crippen LogP contribution is 2.36. The van der Waals surface area contributed by atoms with Crippen LogP contribution in [0.3, 0.4) is 0 Å². The molecule has 0 saturated carbocycles. The minimum Gasteiger partial charge on any atom is -0.494 e. The van der Waals surface area contributed by atoms with E-state index in [1.54, 1.807) is 12.1 Å². The summed E-state index contributed by atoms with van der Waals surface area (Å²) < 4.78 is 10.5. The molecule has 1 aromatic carbocycles. The molecule has 0 radical (unpaired) electrons. The summed E-state index contributed by atoms with van der Waals surface area (Å²) in [5, 5.41) is 11.0. The lowest BCUT2D eigenvalue weighted by atomic mass is 10.3. The molecule has 0 unspecified atom stereocenters. The van der Waals surface area contributed by atoms with E-state index < -0.39 is 4.92 Å². The molecule has 4 N–H and O–H groups in total. The first-order valence-electron chi connectivity index (χ1n) is 5.53.